The summed E-state index contributed by atoms with van der Waals surface area (Å²) in [5, 5.41) is 28.0. The van der Waals surface area contributed by atoms with E-state index in [-0.39, 0.29) is 37.8 Å². The highest BCUT2D eigenvalue weighted by molar-refractivity contribution is 8.00. The Bertz CT molecular complexity index is 3010. The zero-order valence-corrected chi connectivity index (χ0v) is 41.5. The Hall–Kier alpha value is -6.40. The Kier molecular flexibility index (Phi) is 17.6. The molecule has 0 aliphatic heterocycles. The smallest absolute Gasteiger partial charge is 0.435 e. The number of carbonyl (C=O) groups excluding carboxylic acids is 2. The molecule has 1 aliphatic carbocycles. The molecule has 1 aliphatic rings. The van der Waals surface area contributed by atoms with Gasteiger partial charge < -0.3 is 20.4 Å². The third-order valence-electron chi connectivity index (χ3n) is 10.7. The van der Waals surface area contributed by atoms with Crippen molar-refractivity contribution in [3.63, 3.8) is 0 Å². The molecule has 3 aromatic heterocycles. The van der Waals surface area contributed by atoms with Crippen LogP contribution in [0.1, 0.15) is 74.1 Å². The number of pyridine rings is 1. The number of amides is 3. The number of benzene rings is 2. The van der Waals surface area contributed by atoms with E-state index in [0.717, 1.165) is 18.2 Å². The van der Waals surface area contributed by atoms with Crippen molar-refractivity contribution in [1.29, 1.82) is 0 Å². The number of aromatic nitrogens is 5. The lowest BCUT2D eigenvalue weighted by Crippen LogP contribution is -2.45. The summed E-state index contributed by atoms with van der Waals surface area (Å²) in [6.45, 7) is 1.46. The van der Waals surface area contributed by atoms with E-state index in [4.69, 9.17) is 11.6 Å². The lowest BCUT2D eigenvalue weighted by atomic mass is 9.93. The van der Waals surface area contributed by atoms with E-state index in [9.17, 15) is 68.7 Å². The summed E-state index contributed by atoms with van der Waals surface area (Å²) in [6, 6.07) is 3.86. The first-order valence-corrected chi connectivity index (χ1v) is 24.5. The molecule has 0 saturated heterocycles. The fraction of sp³-hybridized carbons (Fsp3) is 0.400. The average molecular weight is 1100 g/mol. The number of carboxylic acid groups (broad SMARTS) is 2. The highest BCUT2D eigenvalue weighted by Crippen LogP contribution is 2.47. The molecule has 5 aromatic rings. The average Bonchev–Trinajstić information content (AvgIpc) is 3.94. The predicted octanol–water partition coefficient (Wildman–Crippen LogP) is 9.16. The van der Waals surface area contributed by atoms with Crippen LogP contribution >= 0.6 is 23.5 Å². The van der Waals surface area contributed by atoms with E-state index in [1.807, 2.05) is 13.8 Å². The minimum atomic E-state index is -5.21. The van der Waals surface area contributed by atoms with Gasteiger partial charge in [0.1, 0.15) is 53.9 Å². The lowest BCUT2D eigenvalue weighted by molar-refractivity contribution is -0.143. The lowest BCUT2D eigenvalue weighted by Gasteiger charge is -2.25. The molecular weight excluding hydrogens is 1050 g/mol. The first-order chi connectivity index (χ1) is 33.9. The maximum absolute atomic E-state index is 15.1. The van der Waals surface area contributed by atoms with Gasteiger partial charge in [0.25, 0.3) is 5.92 Å². The second kappa shape index (κ2) is 22.4. The Morgan fingerprint density at radius 3 is 2.10 bits per heavy atom. The number of anilines is 1. The van der Waals surface area contributed by atoms with Gasteiger partial charge in [-0.3, -0.25) is 28.0 Å². The first-order valence-electron chi connectivity index (χ1n) is 21.4. The van der Waals surface area contributed by atoms with Gasteiger partial charge in [-0.2, -0.15) is 45.3 Å². The van der Waals surface area contributed by atoms with Gasteiger partial charge in [-0.15, -0.1) is 0 Å². The maximum atomic E-state index is 15.1. The summed E-state index contributed by atoms with van der Waals surface area (Å²) in [6.07, 6.45) is -10.1. The Balaban J connectivity index is 0.00000488. The molecule has 3 amide bonds. The van der Waals surface area contributed by atoms with Crippen molar-refractivity contribution < 1.29 is 77.5 Å². The summed E-state index contributed by atoms with van der Waals surface area (Å²) in [4.78, 5) is 56.2. The largest absolute Gasteiger partial charge is 0.480 e. The van der Waals surface area contributed by atoms with Crippen LogP contribution in [-0.4, -0.2) is 104 Å². The van der Waals surface area contributed by atoms with Crippen LogP contribution in [-0.2, 0) is 63.2 Å². The highest BCUT2D eigenvalue weighted by atomic mass is 35.5. The number of aliphatic carboxylic acids is 2. The van der Waals surface area contributed by atoms with Gasteiger partial charge >= 0.3 is 30.3 Å². The van der Waals surface area contributed by atoms with Crippen molar-refractivity contribution in [1.82, 2.24) is 34.8 Å². The number of nitrogens with zero attached hydrogens (tertiary/aromatic N) is 7. The number of nitrogens with one attached hydrogen (secondary N) is 1. The molecule has 15 nitrogen and oxygen atoms in total. The topological polar surface area (TPSA) is 193 Å². The molecule has 2 aromatic carbocycles. The van der Waals surface area contributed by atoms with Crippen molar-refractivity contribution in [3.05, 3.63) is 93.0 Å². The SMILES string of the molecule is CC.CSN(C(=O)N(CC(=O)O)CC(=O)O)c1nn(CC(F)(F)F)c2c(-c3ccc(C#CC(C)(C)S(C)=O)nc3C(Cc3cc(F)cc(F)c3)NC(=O)Cn3nc(C(F)(F)F)c4c3C(F)(F)CC4)ccc(Cl)c12. The van der Waals surface area contributed by atoms with Crippen LogP contribution in [0.3, 0.4) is 0 Å². The molecule has 0 fully saturated rings. The Morgan fingerprint density at radius 2 is 1.55 bits per heavy atom. The molecule has 3 N–H and O–H groups in total. The number of rotatable bonds is 15. The van der Waals surface area contributed by atoms with Crippen LogP contribution < -0.4 is 9.62 Å². The van der Waals surface area contributed by atoms with Crippen molar-refractivity contribution in [2.45, 2.75) is 89.1 Å². The molecule has 6 rings (SSSR count). The minimum absolute atomic E-state index is 0.169. The van der Waals surface area contributed by atoms with Crippen LogP contribution in [0.2, 0.25) is 5.02 Å². The van der Waals surface area contributed by atoms with Crippen molar-refractivity contribution >= 4 is 74.9 Å². The second-order valence-corrected chi connectivity index (χ2v) is 19.4. The zero-order chi connectivity index (χ0) is 54.7. The standard InChI is InChI=1S/C43H37ClF10N8O7S2.C2H6/c1-40(2,71(4)69)11-9-24-5-6-25(26-7-8-28(44)33-35(26)61(20-42(49,50)51)58-38(33)62(70-3)39(68)59(18-31(64)65)19-32(66)67)34(55-24)29(15-21-13-22(45)16-23(46)14-21)56-30(63)17-60-37-27(10-12-41(37,47)48)36(57-60)43(52,53)54;1-2/h5-8,13-14,16,29H,10,12,15,17-20H2,1-4H3,(H,56,63)(H,64,65)(H,66,67);1-2H3. The number of alkyl halides is 8. The summed E-state index contributed by atoms with van der Waals surface area (Å²) in [5.74, 6) is -5.89. The second-order valence-electron chi connectivity index (χ2n) is 16.3. The molecule has 0 radical (unpaired) electrons. The summed E-state index contributed by atoms with van der Waals surface area (Å²) in [5.41, 5.74) is -5.44. The highest BCUT2D eigenvalue weighted by Gasteiger charge is 2.50. The minimum Gasteiger partial charge on any atom is -0.480 e. The number of fused-ring (bicyclic) bond motifs is 2. The number of hydrogen-bond acceptors (Lipinski definition) is 9. The summed E-state index contributed by atoms with van der Waals surface area (Å²) >= 11 is 7.14. The first kappa shape index (κ1) is 57.5. The van der Waals surface area contributed by atoms with Crippen LogP contribution in [0.5, 0.6) is 0 Å². The van der Waals surface area contributed by atoms with Crippen molar-refractivity contribution in [2.24, 2.45) is 0 Å². The van der Waals surface area contributed by atoms with Gasteiger partial charge in [-0.25, -0.2) is 22.9 Å². The van der Waals surface area contributed by atoms with E-state index in [0.29, 0.717) is 31.9 Å². The molecule has 2 unspecified atom stereocenters. The number of carboxylic acids is 2. The molecular formula is C45H43ClF10N8O7S2. The molecule has 0 bridgehead atoms. The third kappa shape index (κ3) is 13.4. The van der Waals surface area contributed by atoms with Gasteiger partial charge in [0.05, 0.1) is 27.7 Å². The van der Waals surface area contributed by atoms with E-state index < -0.39 is 154 Å². The molecule has 3 heterocycles. The fourth-order valence-electron chi connectivity index (χ4n) is 7.58. The van der Waals surface area contributed by atoms with Gasteiger partial charge in [-0.05, 0) is 80.5 Å². The monoisotopic (exact) mass is 1100 g/mol. The number of urea groups is 1. The maximum Gasteiger partial charge on any atom is 0.435 e. The molecule has 0 saturated carbocycles. The predicted molar refractivity (Wildman–Crippen MR) is 249 cm³/mol. The Morgan fingerprint density at radius 1 is 0.945 bits per heavy atom. The van der Waals surface area contributed by atoms with Crippen LogP contribution in [0.25, 0.3) is 22.0 Å². The molecule has 0 spiro atoms. The van der Waals surface area contributed by atoms with Crippen molar-refractivity contribution in [2.75, 3.05) is 29.9 Å². The summed E-state index contributed by atoms with van der Waals surface area (Å²) < 4.78 is 158. The summed E-state index contributed by atoms with van der Waals surface area (Å²) in [7, 11) is -1.58. The number of hydrogen-bond donors (Lipinski definition) is 3. The fourth-order valence-corrected chi connectivity index (χ4v) is 8.58. The van der Waals surface area contributed by atoms with Crippen LogP contribution in [0.15, 0.2) is 42.5 Å². The molecule has 73 heavy (non-hydrogen) atoms. The van der Waals surface area contributed by atoms with Crippen molar-refractivity contribution in [3.8, 4) is 23.0 Å². The van der Waals surface area contributed by atoms with Gasteiger partial charge in [0.15, 0.2) is 11.5 Å². The van der Waals surface area contributed by atoms with Crippen LogP contribution in [0, 0.1) is 23.5 Å². The van der Waals surface area contributed by atoms with E-state index in [1.54, 1.807) is 0 Å². The van der Waals surface area contributed by atoms with E-state index in [2.05, 4.69) is 32.3 Å². The van der Waals surface area contributed by atoms with E-state index >= 15 is 8.78 Å². The van der Waals surface area contributed by atoms with Gasteiger partial charge in [0.2, 0.25) is 5.91 Å². The molecule has 28 heteroatoms. The normalized spacial score (nSPS) is 14.0. The number of carbonyl (C=O) groups is 4. The van der Waals surface area contributed by atoms with Crippen LogP contribution in [0.4, 0.5) is 54.5 Å². The molecule has 2 atom stereocenters. The zero-order valence-electron chi connectivity index (χ0n) is 39.1. The molecule has 394 valence electrons. The quantitative estimate of drug-likeness (QED) is 0.0514. The van der Waals surface area contributed by atoms with Gasteiger partial charge in [0, 0.05) is 52.5 Å². The third-order valence-corrected chi connectivity index (χ3v) is 13.3. The Labute approximate surface area is 420 Å². The number of halogens is 11. The van der Waals surface area contributed by atoms with E-state index in [1.165, 1.54) is 44.6 Å². The van der Waals surface area contributed by atoms with Gasteiger partial charge in [-0.1, -0.05) is 37.4 Å².